The van der Waals surface area contributed by atoms with Crippen LogP contribution in [0.15, 0.2) is 40.4 Å². The van der Waals surface area contributed by atoms with Gasteiger partial charge in [0.2, 0.25) is 5.91 Å². The second-order valence-electron chi connectivity index (χ2n) is 4.42. The van der Waals surface area contributed by atoms with Gasteiger partial charge in [0.15, 0.2) is 5.82 Å². The SMILES string of the molecule is CC(C)=CC(=O)NCc1nnnn1-c1ccc(Br)cc1. The number of halogens is 1. The van der Waals surface area contributed by atoms with Crippen molar-refractivity contribution in [3.8, 4) is 5.69 Å². The Balaban J connectivity index is 2.11. The first-order valence-electron chi connectivity index (χ1n) is 6.02. The van der Waals surface area contributed by atoms with Gasteiger partial charge in [-0.15, -0.1) is 5.10 Å². The highest BCUT2D eigenvalue weighted by Gasteiger charge is 2.08. The third-order valence-electron chi connectivity index (χ3n) is 2.45. The highest BCUT2D eigenvalue weighted by molar-refractivity contribution is 9.10. The molecule has 6 nitrogen and oxygen atoms in total. The van der Waals surface area contributed by atoms with Crippen LogP contribution in [0.3, 0.4) is 0 Å². The molecule has 0 fully saturated rings. The topological polar surface area (TPSA) is 72.7 Å². The zero-order valence-electron chi connectivity index (χ0n) is 11.2. The molecule has 104 valence electrons. The number of carbonyl (C=O) groups excluding carboxylic acids is 1. The van der Waals surface area contributed by atoms with Crippen molar-refractivity contribution in [1.82, 2.24) is 25.5 Å². The van der Waals surface area contributed by atoms with Crippen molar-refractivity contribution >= 4 is 21.8 Å². The van der Waals surface area contributed by atoms with Crippen LogP contribution in [0.2, 0.25) is 0 Å². The molecule has 0 unspecified atom stereocenters. The minimum absolute atomic E-state index is 0.157. The zero-order valence-corrected chi connectivity index (χ0v) is 12.8. The standard InChI is InChI=1S/C13H14BrN5O/c1-9(2)7-13(20)15-8-12-16-17-18-19(12)11-5-3-10(14)4-6-11/h3-7H,8H2,1-2H3,(H,15,20). The highest BCUT2D eigenvalue weighted by atomic mass is 79.9. The lowest BCUT2D eigenvalue weighted by Gasteiger charge is -2.05. The van der Waals surface area contributed by atoms with E-state index in [0.29, 0.717) is 5.82 Å². The second kappa shape index (κ2) is 6.42. The van der Waals surface area contributed by atoms with Gasteiger partial charge in [0.1, 0.15) is 0 Å². The molecule has 1 amide bonds. The van der Waals surface area contributed by atoms with Crippen molar-refractivity contribution in [3.05, 3.63) is 46.2 Å². The fraction of sp³-hybridized carbons (Fsp3) is 0.231. The van der Waals surface area contributed by atoms with E-state index in [1.807, 2.05) is 38.1 Å². The van der Waals surface area contributed by atoms with Gasteiger partial charge in [-0.05, 0) is 48.5 Å². The average Bonchev–Trinajstić information content (AvgIpc) is 2.85. The summed E-state index contributed by atoms with van der Waals surface area (Å²) in [6, 6.07) is 7.59. The van der Waals surface area contributed by atoms with E-state index < -0.39 is 0 Å². The molecule has 0 atom stereocenters. The summed E-state index contributed by atoms with van der Waals surface area (Å²) in [6.45, 7) is 4.00. The lowest BCUT2D eigenvalue weighted by Crippen LogP contribution is -2.23. The van der Waals surface area contributed by atoms with Crippen molar-refractivity contribution in [1.29, 1.82) is 0 Å². The minimum atomic E-state index is -0.157. The van der Waals surface area contributed by atoms with E-state index in [4.69, 9.17) is 0 Å². The molecule has 7 heteroatoms. The van der Waals surface area contributed by atoms with Crippen LogP contribution in [0.1, 0.15) is 19.7 Å². The summed E-state index contributed by atoms with van der Waals surface area (Å²) < 4.78 is 2.57. The molecule has 2 aromatic rings. The van der Waals surface area contributed by atoms with Gasteiger partial charge in [-0.3, -0.25) is 4.79 Å². The van der Waals surface area contributed by atoms with E-state index in [2.05, 4.69) is 36.8 Å². The normalized spacial score (nSPS) is 10.2. The predicted octanol–water partition coefficient (Wildman–Crippen LogP) is 2.01. The first kappa shape index (κ1) is 14.4. The molecule has 0 aliphatic carbocycles. The Morgan fingerprint density at radius 1 is 1.35 bits per heavy atom. The van der Waals surface area contributed by atoms with E-state index in [0.717, 1.165) is 15.7 Å². The third-order valence-corrected chi connectivity index (χ3v) is 2.97. The monoisotopic (exact) mass is 335 g/mol. The molecule has 1 aromatic heterocycles. The Bertz CT molecular complexity index is 628. The van der Waals surface area contributed by atoms with Gasteiger partial charge in [-0.25, -0.2) is 0 Å². The van der Waals surface area contributed by atoms with E-state index in [-0.39, 0.29) is 12.5 Å². The van der Waals surface area contributed by atoms with Crippen LogP contribution in [0.25, 0.3) is 5.69 Å². The van der Waals surface area contributed by atoms with Gasteiger partial charge < -0.3 is 5.32 Å². The third kappa shape index (κ3) is 3.74. The number of amides is 1. The van der Waals surface area contributed by atoms with Gasteiger partial charge >= 0.3 is 0 Å². The van der Waals surface area contributed by atoms with Crippen LogP contribution in [-0.4, -0.2) is 26.1 Å². The molecule has 20 heavy (non-hydrogen) atoms. The summed E-state index contributed by atoms with van der Waals surface area (Å²) in [5.41, 5.74) is 1.78. The van der Waals surface area contributed by atoms with Gasteiger partial charge in [-0.2, -0.15) is 4.68 Å². The minimum Gasteiger partial charge on any atom is -0.345 e. The highest BCUT2D eigenvalue weighted by Crippen LogP contribution is 2.13. The summed E-state index contributed by atoms with van der Waals surface area (Å²) in [6.07, 6.45) is 1.54. The van der Waals surface area contributed by atoms with Gasteiger partial charge in [0, 0.05) is 10.5 Å². The molecule has 0 saturated carbocycles. The summed E-state index contributed by atoms with van der Waals surface area (Å²) in [7, 11) is 0. The largest absolute Gasteiger partial charge is 0.345 e. The molecule has 1 aromatic carbocycles. The maximum atomic E-state index is 11.6. The maximum absolute atomic E-state index is 11.6. The molecule has 2 rings (SSSR count). The fourth-order valence-electron chi connectivity index (χ4n) is 1.58. The second-order valence-corrected chi connectivity index (χ2v) is 5.34. The van der Waals surface area contributed by atoms with Crippen molar-refractivity contribution in [2.45, 2.75) is 20.4 Å². The van der Waals surface area contributed by atoms with E-state index in [1.54, 1.807) is 4.68 Å². The Labute approximate surface area is 125 Å². The molecule has 1 heterocycles. The number of hydrogen-bond acceptors (Lipinski definition) is 4. The van der Waals surface area contributed by atoms with Gasteiger partial charge in [-0.1, -0.05) is 21.5 Å². The van der Waals surface area contributed by atoms with Crippen LogP contribution >= 0.6 is 15.9 Å². The number of allylic oxidation sites excluding steroid dienone is 1. The van der Waals surface area contributed by atoms with E-state index in [9.17, 15) is 4.79 Å². The van der Waals surface area contributed by atoms with Gasteiger partial charge in [0.05, 0.1) is 12.2 Å². The predicted molar refractivity (Wildman–Crippen MR) is 78.1 cm³/mol. The summed E-state index contributed by atoms with van der Waals surface area (Å²) in [5, 5.41) is 14.2. The average molecular weight is 336 g/mol. The number of carbonyl (C=O) groups is 1. The quantitative estimate of drug-likeness (QED) is 0.867. The number of nitrogens with zero attached hydrogens (tertiary/aromatic N) is 4. The first-order valence-corrected chi connectivity index (χ1v) is 6.81. The Hall–Kier alpha value is -2.02. The fourth-order valence-corrected chi connectivity index (χ4v) is 1.84. The van der Waals surface area contributed by atoms with E-state index in [1.165, 1.54) is 6.08 Å². The molecule has 0 spiro atoms. The van der Waals surface area contributed by atoms with Crippen LogP contribution in [0, 0.1) is 0 Å². The number of rotatable bonds is 4. The zero-order chi connectivity index (χ0) is 14.5. The van der Waals surface area contributed by atoms with Crippen LogP contribution in [-0.2, 0) is 11.3 Å². The molecule has 0 aliphatic rings. The Morgan fingerprint density at radius 3 is 2.70 bits per heavy atom. The number of nitrogens with one attached hydrogen (secondary N) is 1. The first-order chi connectivity index (χ1) is 9.56. The van der Waals surface area contributed by atoms with Crippen molar-refractivity contribution < 1.29 is 4.79 Å². The smallest absolute Gasteiger partial charge is 0.244 e. The molecular weight excluding hydrogens is 322 g/mol. The summed E-state index contributed by atoms with van der Waals surface area (Å²) in [5.74, 6) is 0.415. The van der Waals surface area contributed by atoms with Crippen molar-refractivity contribution in [2.24, 2.45) is 0 Å². The molecule has 1 N–H and O–H groups in total. The maximum Gasteiger partial charge on any atom is 0.244 e. The summed E-state index contributed by atoms with van der Waals surface area (Å²) >= 11 is 3.38. The van der Waals surface area contributed by atoms with Crippen LogP contribution in [0.5, 0.6) is 0 Å². The molecule has 0 radical (unpaired) electrons. The lowest BCUT2D eigenvalue weighted by molar-refractivity contribution is -0.116. The number of hydrogen-bond donors (Lipinski definition) is 1. The van der Waals surface area contributed by atoms with Crippen molar-refractivity contribution in [3.63, 3.8) is 0 Å². The lowest BCUT2D eigenvalue weighted by atomic mass is 10.3. The number of benzene rings is 1. The van der Waals surface area contributed by atoms with Crippen molar-refractivity contribution in [2.75, 3.05) is 0 Å². The Morgan fingerprint density at radius 2 is 2.05 bits per heavy atom. The molecule has 0 bridgehead atoms. The molecular formula is C13H14BrN5O. The Kier molecular flexibility index (Phi) is 4.62. The summed E-state index contributed by atoms with van der Waals surface area (Å²) in [4.78, 5) is 11.6. The van der Waals surface area contributed by atoms with Crippen LogP contribution in [0.4, 0.5) is 0 Å². The molecule has 0 aliphatic heterocycles. The van der Waals surface area contributed by atoms with Gasteiger partial charge in [0.25, 0.3) is 0 Å². The number of aromatic nitrogens is 4. The van der Waals surface area contributed by atoms with E-state index >= 15 is 0 Å². The molecule has 0 saturated heterocycles. The van der Waals surface area contributed by atoms with Crippen LogP contribution < -0.4 is 5.32 Å². The number of tetrazole rings is 1.